The lowest BCUT2D eigenvalue weighted by atomic mass is 10.2. The van der Waals surface area contributed by atoms with E-state index in [0.717, 1.165) is 18.4 Å². The van der Waals surface area contributed by atoms with Crippen LogP contribution in [0.1, 0.15) is 18.4 Å². The third-order valence-electron chi connectivity index (χ3n) is 3.70. The van der Waals surface area contributed by atoms with Crippen molar-refractivity contribution in [1.82, 2.24) is 5.32 Å². The molecule has 3 N–H and O–H groups in total. The average Bonchev–Trinajstić information content (AvgIpc) is 3.37. The number of thioether (sulfide) groups is 1. The van der Waals surface area contributed by atoms with Gasteiger partial charge in [0.15, 0.2) is 5.75 Å². The smallest absolute Gasteiger partial charge is 0.311 e. The number of carbonyl (C=O) groups is 1. The molecule has 0 aromatic heterocycles. The van der Waals surface area contributed by atoms with E-state index in [4.69, 9.17) is 10.5 Å². The number of nitro groups is 1. The SMILES string of the molecule is COc1ccc(CSCC(=O)NCC(N)C2CC2)cc1[N+](=O)[O-].Cl. The third-order valence-corrected chi connectivity index (χ3v) is 4.71. The normalized spacial score (nSPS) is 14.4. The van der Waals surface area contributed by atoms with Gasteiger partial charge in [-0.1, -0.05) is 6.07 Å². The number of carbonyl (C=O) groups excluding carboxylic acids is 1. The number of amides is 1. The van der Waals surface area contributed by atoms with Gasteiger partial charge in [-0.05, 0) is 30.4 Å². The van der Waals surface area contributed by atoms with Crippen LogP contribution in [0.15, 0.2) is 18.2 Å². The number of benzene rings is 1. The fourth-order valence-electron chi connectivity index (χ4n) is 2.20. The van der Waals surface area contributed by atoms with Crippen molar-refractivity contribution in [1.29, 1.82) is 0 Å². The molecule has 0 spiro atoms. The monoisotopic (exact) mass is 375 g/mol. The zero-order chi connectivity index (χ0) is 16.8. The summed E-state index contributed by atoms with van der Waals surface area (Å²) in [4.78, 5) is 22.2. The number of halogens is 1. The fraction of sp³-hybridized carbons (Fsp3) is 0.533. The molecule has 1 aromatic rings. The minimum atomic E-state index is -0.473. The summed E-state index contributed by atoms with van der Waals surface area (Å²) in [6.45, 7) is 0.512. The molecule has 0 saturated heterocycles. The number of nitrogens with one attached hydrogen (secondary N) is 1. The summed E-state index contributed by atoms with van der Waals surface area (Å²) in [5.74, 6) is 1.55. The van der Waals surface area contributed by atoms with E-state index in [1.54, 1.807) is 12.1 Å². The third kappa shape index (κ3) is 6.18. The Bertz CT molecular complexity index is 584. The molecule has 0 aliphatic heterocycles. The number of rotatable bonds is 9. The molecule has 24 heavy (non-hydrogen) atoms. The van der Waals surface area contributed by atoms with Gasteiger partial charge in [-0.2, -0.15) is 0 Å². The zero-order valence-corrected chi connectivity index (χ0v) is 15.0. The lowest BCUT2D eigenvalue weighted by molar-refractivity contribution is -0.385. The minimum absolute atomic E-state index is 0. The Balaban J connectivity index is 0.00000288. The highest BCUT2D eigenvalue weighted by atomic mass is 35.5. The number of ether oxygens (including phenoxy) is 1. The van der Waals surface area contributed by atoms with E-state index in [0.29, 0.717) is 24.0 Å². The number of nitro benzene ring substituents is 1. The summed E-state index contributed by atoms with van der Waals surface area (Å²) in [6.07, 6.45) is 2.31. The quantitative estimate of drug-likeness (QED) is 0.505. The fourth-order valence-corrected chi connectivity index (χ4v) is 3.01. The molecule has 1 unspecified atom stereocenters. The molecule has 1 aromatic carbocycles. The molecular formula is C15H22ClN3O4S. The number of hydrogen-bond acceptors (Lipinski definition) is 6. The molecule has 0 heterocycles. The number of nitrogens with two attached hydrogens (primary N) is 1. The van der Waals surface area contributed by atoms with Crippen LogP contribution in [0.25, 0.3) is 0 Å². The Labute approximate surface area is 151 Å². The van der Waals surface area contributed by atoms with Gasteiger partial charge in [-0.25, -0.2) is 0 Å². The molecule has 134 valence electrons. The van der Waals surface area contributed by atoms with Gasteiger partial charge in [0, 0.05) is 24.4 Å². The first kappa shape index (κ1) is 20.5. The van der Waals surface area contributed by atoms with Crippen LogP contribution in [0, 0.1) is 16.0 Å². The van der Waals surface area contributed by atoms with E-state index in [1.165, 1.54) is 24.9 Å². The van der Waals surface area contributed by atoms with Gasteiger partial charge in [0.05, 0.1) is 17.8 Å². The highest BCUT2D eigenvalue weighted by Crippen LogP contribution is 2.31. The Kier molecular flexibility index (Phi) is 8.30. The van der Waals surface area contributed by atoms with E-state index in [2.05, 4.69) is 5.32 Å². The zero-order valence-electron chi connectivity index (χ0n) is 13.4. The summed E-state index contributed by atoms with van der Waals surface area (Å²) in [7, 11) is 1.40. The Morgan fingerprint density at radius 1 is 1.54 bits per heavy atom. The van der Waals surface area contributed by atoms with E-state index in [1.807, 2.05) is 0 Å². The Morgan fingerprint density at radius 2 is 2.25 bits per heavy atom. The molecule has 1 aliphatic carbocycles. The Morgan fingerprint density at radius 3 is 2.83 bits per heavy atom. The topological polar surface area (TPSA) is 107 Å². The Hall–Kier alpha value is -1.51. The van der Waals surface area contributed by atoms with Crippen LogP contribution in [0.2, 0.25) is 0 Å². The molecule has 7 nitrogen and oxygen atoms in total. The minimum Gasteiger partial charge on any atom is -0.490 e. The van der Waals surface area contributed by atoms with Crippen molar-refractivity contribution in [2.75, 3.05) is 19.4 Å². The van der Waals surface area contributed by atoms with Crippen LogP contribution in [-0.2, 0) is 10.5 Å². The standard InChI is InChI=1S/C15H21N3O4S.ClH/c1-22-14-5-2-10(6-13(14)18(20)21)8-23-9-15(19)17-7-12(16)11-3-4-11;/h2,5-6,11-12H,3-4,7-9,16H2,1H3,(H,17,19);1H. The van der Waals surface area contributed by atoms with E-state index in [9.17, 15) is 14.9 Å². The maximum absolute atomic E-state index is 11.7. The van der Waals surface area contributed by atoms with Crippen LogP contribution in [0.3, 0.4) is 0 Å². The van der Waals surface area contributed by atoms with Crippen LogP contribution < -0.4 is 15.8 Å². The van der Waals surface area contributed by atoms with E-state index in [-0.39, 0.29) is 35.8 Å². The molecule has 2 rings (SSSR count). The molecule has 1 amide bonds. The highest BCUT2D eigenvalue weighted by Gasteiger charge is 2.28. The van der Waals surface area contributed by atoms with Crippen molar-refractivity contribution >= 4 is 35.8 Å². The van der Waals surface area contributed by atoms with Crippen molar-refractivity contribution < 1.29 is 14.5 Å². The van der Waals surface area contributed by atoms with Gasteiger partial charge < -0.3 is 15.8 Å². The van der Waals surface area contributed by atoms with Crippen LogP contribution in [-0.4, -0.2) is 36.3 Å². The molecule has 1 fully saturated rings. The number of hydrogen-bond donors (Lipinski definition) is 2. The number of nitrogens with zero attached hydrogens (tertiary/aromatic N) is 1. The van der Waals surface area contributed by atoms with Crippen molar-refractivity contribution in [3.05, 3.63) is 33.9 Å². The summed E-state index contributed by atoms with van der Waals surface area (Å²) < 4.78 is 4.96. The van der Waals surface area contributed by atoms with Gasteiger partial charge >= 0.3 is 5.69 Å². The largest absolute Gasteiger partial charge is 0.490 e. The number of methoxy groups -OCH3 is 1. The van der Waals surface area contributed by atoms with Gasteiger partial charge in [0.25, 0.3) is 0 Å². The molecular weight excluding hydrogens is 354 g/mol. The maximum Gasteiger partial charge on any atom is 0.311 e. The van der Waals surface area contributed by atoms with Crippen molar-refractivity contribution in [3.8, 4) is 5.75 Å². The van der Waals surface area contributed by atoms with Gasteiger partial charge in [0.1, 0.15) is 0 Å². The average molecular weight is 376 g/mol. The lowest BCUT2D eigenvalue weighted by Gasteiger charge is -2.11. The van der Waals surface area contributed by atoms with Crippen molar-refractivity contribution in [2.24, 2.45) is 11.7 Å². The molecule has 1 saturated carbocycles. The van der Waals surface area contributed by atoms with E-state index >= 15 is 0 Å². The molecule has 1 aliphatic rings. The summed E-state index contributed by atoms with van der Waals surface area (Å²) >= 11 is 1.41. The highest BCUT2D eigenvalue weighted by molar-refractivity contribution is 7.99. The van der Waals surface area contributed by atoms with Gasteiger partial charge in [0.2, 0.25) is 5.91 Å². The molecule has 1 atom stereocenters. The second kappa shape index (κ2) is 9.71. The second-order valence-corrected chi connectivity index (χ2v) is 6.55. The summed E-state index contributed by atoms with van der Waals surface area (Å²) in [5.41, 5.74) is 6.64. The first-order chi connectivity index (χ1) is 11.0. The van der Waals surface area contributed by atoms with Crippen LogP contribution >= 0.6 is 24.2 Å². The van der Waals surface area contributed by atoms with E-state index < -0.39 is 4.92 Å². The summed E-state index contributed by atoms with van der Waals surface area (Å²) in [6, 6.07) is 4.86. The van der Waals surface area contributed by atoms with Gasteiger partial charge in [-0.15, -0.1) is 24.2 Å². The first-order valence-electron chi connectivity index (χ1n) is 7.42. The van der Waals surface area contributed by atoms with Crippen LogP contribution in [0.5, 0.6) is 5.75 Å². The van der Waals surface area contributed by atoms with Crippen LogP contribution in [0.4, 0.5) is 5.69 Å². The molecule has 0 bridgehead atoms. The second-order valence-electron chi connectivity index (χ2n) is 5.56. The molecule has 0 radical (unpaired) electrons. The van der Waals surface area contributed by atoms with Crippen molar-refractivity contribution in [3.63, 3.8) is 0 Å². The van der Waals surface area contributed by atoms with Crippen molar-refractivity contribution in [2.45, 2.75) is 24.6 Å². The molecule has 9 heteroatoms. The first-order valence-corrected chi connectivity index (χ1v) is 8.58. The predicted molar refractivity (Wildman–Crippen MR) is 96.8 cm³/mol. The summed E-state index contributed by atoms with van der Waals surface area (Å²) in [5, 5.41) is 13.8. The lowest BCUT2D eigenvalue weighted by Crippen LogP contribution is -2.39. The predicted octanol–water partition coefficient (Wildman–Crippen LogP) is 2.11. The maximum atomic E-state index is 11.7. The van der Waals surface area contributed by atoms with Gasteiger partial charge in [-0.3, -0.25) is 14.9 Å².